The first-order chi connectivity index (χ1) is 12.3. The Labute approximate surface area is 145 Å². The first-order valence-electron chi connectivity index (χ1n) is 7.98. The molecule has 25 heavy (non-hydrogen) atoms. The number of aryl methyl sites for hydroxylation is 1. The molecular weight excluding hydrogens is 314 g/mol. The summed E-state index contributed by atoms with van der Waals surface area (Å²) >= 11 is 0. The molecule has 0 radical (unpaired) electrons. The van der Waals surface area contributed by atoms with Gasteiger partial charge < -0.3 is 10.1 Å². The Morgan fingerprint density at radius 2 is 1.92 bits per heavy atom. The number of hydrogen-bond acceptors (Lipinski definition) is 6. The highest BCUT2D eigenvalue weighted by atomic mass is 16.5. The molecule has 0 amide bonds. The number of fused-ring (bicyclic) bond motifs is 1. The van der Waals surface area contributed by atoms with Gasteiger partial charge in [0.05, 0.1) is 29.1 Å². The number of ether oxygens (including phenoxy) is 1. The molecule has 1 atom stereocenters. The van der Waals surface area contributed by atoms with Crippen molar-refractivity contribution in [1.29, 1.82) is 0 Å². The first-order valence-corrected chi connectivity index (χ1v) is 7.98. The molecule has 1 aliphatic heterocycles. The number of pyridine rings is 3. The second-order valence-corrected chi connectivity index (χ2v) is 5.71. The molecule has 0 saturated heterocycles. The molecule has 0 fully saturated rings. The summed E-state index contributed by atoms with van der Waals surface area (Å²) in [5.41, 5.74) is 5.88. The summed E-state index contributed by atoms with van der Waals surface area (Å²) in [7, 11) is 1.64. The van der Waals surface area contributed by atoms with Gasteiger partial charge in [-0.15, -0.1) is 0 Å². The number of aromatic nitrogens is 3. The fourth-order valence-corrected chi connectivity index (χ4v) is 2.84. The highest BCUT2D eigenvalue weighted by molar-refractivity contribution is 5.78. The van der Waals surface area contributed by atoms with Gasteiger partial charge in [0.15, 0.2) is 6.23 Å². The third-order valence-corrected chi connectivity index (χ3v) is 4.03. The Bertz CT molecular complexity index is 954. The van der Waals surface area contributed by atoms with Crippen molar-refractivity contribution in [1.82, 2.24) is 20.3 Å². The van der Waals surface area contributed by atoms with Crippen LogP contribution in [0.5, 0.6) is 0 Å². The Kier molecular flexibility index (Phi) is 3.95. The van der Waals surface area contributed by atoms with Gasteiger partial charge in [0, 0.05) is 24.6 Å². The average molecular weight is 331 g/mol. The molecule has 3 aromatic rings. The van der Waals surface area contributed by atoms with Crippen LogP contribution in [0.4, 0.5) is 5.69 Å². The molecule has 4 heterocycles. The fourth-order valence-electron chi connectivity index (χ4n) is 2.84. The van der Waals surface area contributed by atoms with E-state index >= 15 is 0 Å². The summed E-state index contributed by atoms with van der Waals surface area (Å²) in [6, 6.07) is 13.7. The zero-order chi connectivity index (χ0) is 17.2. The van der Waals surface area contributed by atoms with E-state index in [-0.39, 0.29) is 6.23 Å². The van der Waals surface area contributed by atoms with Gasteiger partial charge in [-0.25, -0.2) is 9.98 Å². The van der Waals surface area contributed by atoms with Gasteiger partial charge in [-0.2, -0.15) is 0 Å². The van der Waals surface area contributed by atoms with Gasteiger partial charge >= 0.3 is 0 Å². The van der Waals surface area contributed by atoms with Crippen molar-refractivity contribution >= 4 is 12.0 Å². The molecule has 4 rings (SSSR count). The van der Waals surface area contributed by atoms with E-state index in [1.807, 2.05) is 49.4 Å². The van der Waals surface area contributed by atoms with Crippen LogP contribution in [0.3, 0.4) is 0 Å². The van der Waals surface area contributed by atoms with E-state index in [4.69, 9.17) is 9.72 Å². The topological polar surface area (TPSA) is 72.3 Å². The minimum absolute atomic E-state index is 0.315. The van der Waals surface area contributed by atoms with Crippen LogP contribution in [-0.2, 0) is 4.74 Å². The third-order valence-electron chi connectivity index (χ3n) is 4.03. The van der Waals surface area contributed by atoms with E-state index in [1.165, 1.54) is 0 Å². The molecule has 6 nitrogen and oxygen atoms in total. The molecule has 0 aromatic carbocycles. The van der Waals surface area contributed by atoms with Crippen molar-refractivity contribution in [2.45, 2.75) is 13.2 Å². The number of aliphatic imine (C=N–C) groups is 1. The lowest BCUT2D eigenvalue weighted by molar-refractivity contribution is 0.0880. The molecule has 124 valence electrons. The Balaban J connectivity index is 1.85. The Morgan fingerprint density at radius 3 is 2.76 bits per heavy atom. The second-order valence-electron chi connectivity index (χ2n) is 5.71. The molecule has 0 saturated carbocycles. The number of nitrogens with zero attached hydrogens (tertiary/aromatic N) is 4. The quantitative estimate of drug-likeness (QED) is 0.796. The maximum absolute atomic E-state index is 5.45. The van der Waals surface area contributed by atoms with Gasteiger partial charge in [0.2, 0.25) is 0 Å². The lowest BCUT2D eigenvalue weighted by atomic mass is 10.1. The lowest BCUT2D eigenvalue weighted by Gasteiger charge is -2.21. The summed E-state index contributed by atoms with van der Waals surface area (Å²) < 4.78 is 5.45. The van der Waals surface area contributed by atoms with Crippen molar-refractivity contribution in [3.8, 4) is 22.6 Å². The van der Waals surface area contributed by atoms with Crippen molar-refractivity contribution in [3.63, 3.8) is 0 Å². The highest BCUT2D eigenvalue weighted by Gasteiger charge is 2.20. The van der Waals surface area contributed by atoms with Crippen LogP contribution in [0.25, 0.3) is 22.6 Å². The first kappa shape index (κ1) is 15.4. The SMILES string of the molecule is COC1NC=Nc2ccc(-c3cccnc3-c3cccc(C)n3)nc21. The van der Waals surface area contributed by atoms with E-state index in [2.05, 4.69) is 20.3 Å². The van der Waals surface area contributed by atoms with Gasteiger partial charge in [0.25, 0.3) is 0 Å². The molecule has 0 bridgehead atoms. The highest BCUT2D eigenvalue weighted by Crippen LogP contribution is 2.33. The summed E-state index contributed by atoms with van der Waals surface area (Å²) in [6.45, 7) is 1.97. The zero-order valence-electron chi connectivity index (χ0n) is 14.0. The van der Waals surface area contributed by atoms with E-state index in [1.54, 1.807) is 19.6 Å². The maximum atomic E-state index is 5.45. The minimum Gasteiger partial charge on any atom is -0.356 e. The van der Waals surface area contributed by atoms with E-state index in [9.17, 15) is 0 Å². The summed E-state index contributed by atoms with van der Waals surface area (Å²) in [5.74, 6) is 0. The van der Waals surface area contributed by atoms with Crippen LogP contribution >= 0.6 is 0 Å². The van der Waals surface area contributed by atoms with Crippen LogP contribution in [-0.4, -0.2) is 28.4 Å². The maximum Gasteiger partial charge on any atom is 0.173 e. The second kappa shape index (κ2) is 6.41. The van der Waals surface area contributed by atoms with E-state index in [0.717, 1.165) is 39.7 Å². The van der Waals surface area contributed by atoms with E-state index in [0.29, 0.717) is 0 Å². The fraction of sp³-hybridized carbons (Fsp3) is 0.158. The Hall–Kier alpha value is -3.12. The van der Waals surface area contributed by atoms with Crippen LogP contribution in [0, 0.1) is 6.92 Å². The van der Waals surface area contributed by atoms with Gasteiger partial charge in [-0.05, 0) is 43.3 Å². The molecule has 0 spiro atoms. The molecule has 3 aromatic heterocycles. The Morgan fingerprint density at radius 1 is 1.00 bits per heavy atom. The number of rotatable bonds is 3. The standard InChI is InChI=1S/C19H17N5O/c1-12-5-3-7-16(23-12)17-13(6-4-10-20-17)14-8-9-15-18(24-14)19(25-2)22-11-21-15/h3-11,19H,1-2H3,(H,21,22). The summed E-state index contributed by atoms with van der Waals surface area (Å²) in [6.07, 6.45) is 3.08. The number of nitrogens with one attached hydrogen (secondary N) is 1. The van der Waals surface area contributed by atoms with Gasteiger partial charge in [0.1, 0.15) is 5.69 Å². The normalized spacial score (nSPS) is 15.5. The summed E-state index contributed by atoms with van der Waals surface area (Å²) in [4.78, 5) is 18.2. The molecule has 1 aliphatic rings. The smallest absolute Gasteiger partial charge is 0.173 e. The molecule has 0 aliphatic carbocycles. The van der Waals surface area contributed by atoms with Crippen LogP contribution < -0.4 is 5.32 Å². The zero-order valence-corrected chi connectivity index (χ0v) is 14.0. The lowest BCUT2D eigenvalue weighted by Crippen LogP contribution is -2.25. The third kappa shape index (κ3) is 2.88. The summed E-state index contributed by atoms with van der Waals surface area (Å²) in [5, 5.41) is 3.05. The molecule has 1 unspecified atom stereocenters. The number of methoxy groups -OCH3 is 1. The largest absolute Gasteiger partial charge is 0.356 e. The molecular formula is C19H17N5O. The van der Waals surface area contributed by atoms with Crippen molar-refractivity contribution in [3.05, 3.63) is 60.0 Å². The monoisotopic (exact) mass is 331 g/mol. The average Bonchev–Trinajstić information content (AvgIpc) is 2.67. The number of hydrogen-bond donors (Lipinski definition) is 1. The van der Waals surface area contributed by atoms with Crippen LogP contribution in [0.1, 0.15) is 17.6 Å². The van der Waals surface area contributed by atoms with Gasteiger partial charge in [-0.1, -0.05) is 6.07 Å². The van der Waals surface area contributed by atoms with Crippen LogP contribution in [0.15, 0.2) is 53.7 Å². The van der Waals surface area contributed by atoms with Crippen LogP contribution in [0.2, 0.25) is 0 Å². The van der Waals surface area contributed by atoms with Gasteiger partial charge in [-0.3, -0.25) is 9.97 Å². The van der Waals surface area contributed by atoms with Crippen molar-refractivity contribution < 1.29 is 4.74 Å². The predicted octanol–water partition coefficient (Wildman–Crippen LogP) is 3.42. The predicted molar refractivity (Wildman–Crippen MR) is 96.5 cm³/mol. The van der Waals surface area contributed by atoms with Crippen molar-refractivity contribution in [2.24, 2.45) is 4.99 Å². The minimum atomic E-state index is -0.315. The molecule has 1 N–H and O–H groups in total. The van der Waals surface area contributed by atoms with E-state index < -0.39 is 0 Å². The molecule has 6 heteroatoms. The van der Waals surface area contributed by atoms with Crippen molar-refractivity contribution in [2.75, 3.05) is 7.11 Å².